The van der Waals surface area contributed by atoms with Gasteiger partial charge in [-0.3, -0.25) is 0 Å². The van der Waals surface area contributed by atoms with E-state index in [0.717, 1.165) is 32.1 Å². The molecule has 0 fully saturated rings. The van der Waals surface area contributed by atoms with E-state index in [1.165, 1.54) is 6.42 Å². The molecule has 0 aliphatic rings. The lowest BCUT2D eigenvalue weighted by molar-refractivity contribution is 0.129. The molecule has 0 unspecified atom stereocenters. The molecule has 0 saturated carbocycles. The molecule has 4 heteroatoms. The summed E-state index contributed by atoms with van der Waals surface area (Å²) < 4.78 is 16.2. The lowest BCUT2D eigenvalue weighted by atomic mass is 10.4. The Hall–Kier alpha value is 0.0969. The topological polar surface area (TPSA) is 27.7 Å². The molecule has 14 heavy (non-hydrogen) atoms. The highest BCUT2D eigenvalue weighted by molar-refractivity contribution is 6.65. The molecule has 0 heterocycles. The van der Waals surface area contributed by atoms with Crippen LogP contribution in [-0.2, 0) is 13.6 Å². The van der Waals surface area contributed by atoms with Crippen LogP contribution in [0, 0.1) is 0 Å². The fourth-order valence-corrected chi connectivity index (χ4v) is 2.49. The highest BCUT2D eigenvalue weighted by atomic mass is 28.4. The maximum Gasteiger partial charge on any atom is 0.334 e. The normalized spacial score (nSPS) is 12.0. The first kappa shape index (κ1) is 14.1. The van der Waals surface area contributed by atoms with Crippen molar-refractivity contribution in [3.05, 3.63) is 0 Å². The van der Waals surface area contributed by atoms with Gasteiger partial charge in [0, 0.05) is 27.4 Å². The molecular formula is C10H24O3Si. The van der Waals surface area contributed by atoms with Crippen LogP contribution in [0.4, 0.5) is 0 Å². The van der Waals surface area contributed by atoms with Crippen molar-refractivity contribution in [2.75, 3.05) is 27.4 Å². The molecule has 0 aliphatic heterocycles. The molecule has 0 spiro atoms. The highest BCUT2D eigenvalue weighted by Crippen LogP contribution is 2.13. The first-order valence-electron chi connectivity index (χ1n) is 5.36. The van der Waals surface area contributed by atoms with Gasteiger partial charge in [0.1, 0.15) is 0 Å². The molecule has 0 aromatic carbocycles. The molecule has 0 bridgehead atoms. The smallest absolute Gasteiger partial charge is 0.334 e. The minimum Gasteiger partial charge on any atom is -0.398 e. The summed E-state index contributed by atoms with van der Waals surface area (Å²) >= 11 is 0. The molecule has 0 radical (unpaired) electrons. The Kier molecular flexibility index (Phi) is 8.47. The lowest BCUT2D eigenvalue weighted by Crippen LogP contribution is -2.36. The van der Waals surface area contributed by atoms with Crippen molar-refractivity contribution in [2.24, 2.45) is 0 Å². The molecular weight excluding hydrogens is 196 g/mol. The molecule has 0 aromatic rings. The number of hydrogen-bond donors (Lipinski definition) is 0. The molecule has 86 valence electrons. The zero-order valence-corrected chi connectivity index (χ0v) is 11.0. The minimum atomic E-state index is -1.85. The second-order valence-corrected chi connectivity index (χ2v) is 7.20. The summed E-state index contributed by atoms with van der Waals surface area (Å²) in [5.74, 6) is 0. The van der Waals surface area contributed by atoms with Crippen molar-refractivity contribution >= 4 is 8.56 Å². The zero-order valence-electron chi connectivity index (χ0n) is 9.97. The van der Waals surface area contributed by atoms with Gasteiger partial charge >= 0.3 is 8.56 Å². The Morgan fingerprint density at radius 2 is 1.57 bits per heavy atom. The summed E-state index contributed by atoms with van der Waals surface area (Å²) in [5, 5.41) is 0. The quantitative estimate of drug-likeness (QED) is 0.441. The van der Waals surface area contributed by atoms with Crippen molar-refractivity contribution in [3.8, 4) is 0 Å². The van der Waals surface area contributed by atoms with Gasteiger partial charge in [-0.1, -0.05) is 13.3 Å². The zero-order chi connectivity index (χ0) is 10.9. The fraction of sp³-hybridized carbons (Fsp3) is 1.00. The van der Waals surface area contributed by atoms with Gasteiger partial charge in [-0.25, -0.2) is 0 Å². The van der Waals surface area contributed by atoms with Crippen LogP contribution >= 0.6 is 0 Å². The van der Waals surface area contributed by atoms with Crippen LogP contribution in [0.25, 0.3) is 0 Å². The minimum absolute atomic E-state index is 0.829. The van der Waals surface area contributed by atoms with Gasteiger partial charge in [0.25, 0.3) is 0 Å². The summed E-state index contributed by atoms with van der Waals surface area (Å²) in [5.41, 5.74) is 0. The third-order valence-corrected chi connectivity index (χ3v) is 5.41. The fourth-order valence-electron chi connectivity index (χ4n) is 1.13. The van der Waals surface area contributed by atoms with E-state index >= 15 is 0 Å². The van der Waals surface area contributed by atoms with E-state index in [1.54, 1.807) is 14.2 Å². The van der Waals surface area contributed by atoms with Crippen LogP contribution in [0.1, 0.15) is 26.2 Å². The Bertz CT molecular complexity index is 127. The van der Waals surface area contributed by atoms with E-state index in [9.17, 15) is 0 Å². The summed E-state index contributed by atoms with van der Waals surface area (Å²) in [4.78, 5) is 0. The van der Waals surface area contributed by atoms with Crippen LogP contribution in [0.5, 0.6) is 0 Å². The molecule has 0 rings (SSSR count). The molecule has 0 amide bonds. The van der Waals surface area contributed by atoms with Gasteiger partial charge < -0.3 is 13.6 Å². The largest absolute Gasteiger partial charge is 0.398 e. The lowest BCUT2D eigenvalue weighted by Gasteiger charge is -2.22. The number of ether oxygens (including phenoxy) is 1. The predicted molar refractivity (Wildman–Crippen MR) is 60.8 cm³/mol. The molecule has 0 saturated heterocycles. The van der Waals surface area contributed by atoms with E-state index in [2.05, 4.69) is 13.5 Å². The van der Waals surface area contributed by atoms with Crippen LogP contribution in [0.15, 0.2) is 0 Å². The first-order valence-corrected chi connectivity index (χ1v) is 7.89. The van der Waals surface area contributed by atoms with Gasteiger partial charge in [0.15, 0.2) is 0 Å². The number of hydrogen-bond acceptors (Lipinski definition) is 3. The van der Waals surface area contributed by atoms with Crippen LogP contribution in [0.3, 0.4) is 0 Å². The maximum atomic E-state index is 5.47. The van der Waals surface area contributed by atoms with Crippen molar-refractivity contribution in [2.45, 2.75) is 38.8 Å². The molecule has 0 atom stereocenters. The molecule has 0 aliphatic carbocycles. The monoisotopic (exact) mass is 220 g/mol. The van der Waals surface area contributed by atoms with Crippen molar-refractivity contribution < 1.29 is 13.6 Å². The second kappa shape index (κ2) is 8.41. The SMILES string of the molecule is CCCCOCCC[Si](C)(OC)OC. The van der Waals surface area contributed by atoms with Crippen molar-refractivity contribution in [1.29, 1.82) is 0 Å². The van der Waals surface area contributed by atoms with Crippen molar-refractivity contribution in [1.82, 2.24) is 0 Å². The van der Waals surface area contributed by atoms with E-state index in [4.69, 9.17) is 13.6 Å². The van der Waals surface area contributed by atoms with Gasteiger partial charge in [0.2, 0.25) is 0 Å². The third-order valence-electron chi connectivity index (χ3n) is 2.43. The van der Waals surface area contributed by atoms with E-state index < -0.39 is 8.56 Å². The average molecular weight is 220 g/mol. The standard InChI is InChI=1S/C10H24O3Si/c1-5-6-8-13-9-7-10-14(4,11-2)12-3/h5-10H2,1-4H3. The highest BCUT2D eigenvalue weighted by Gasteiger charge is 2.27. The van der Waals surface area contributed by atoms with Gasteiger partial charge in [-0.15, -0.1) is 0 Å². The molecule has 3 nitrogen and oxygen atoms in total. The predicted octanol–water partition coefficient (Wildman–Crippen LogP) is 2.56. The molecule has 0 aromatic heterocycles. The Balaban J connectivity index is 3.34. The van der Waals surface area contributed by atoms with Crippen LogP contribution in [-0.4, -0.2) is 36.0 Å². The van der Waals surface area contributed by atoms with Gasteiger partial charge in [-0.05, 0) is 25.4 Å². The van der Waals surface area contributed by atoms with Gasteiger partial charge in [0.05, 0.1) is 0 Å². The van der Waals surface area contributed by atoms with Crippen LogP contribution < -0.4 is 0 Å². The Morgan fingerprint density at radius 1 is 1.00 bits per heavy atom. The Morgan fingerprint density at radius 3 is 2.07 bits per heavy atom. The van der Waals surface area contributed by atoms with E-state index in [1.807, 2.05) is 0 Å². The third kappa shape index (κ3) is 6.54. The van der Waals surface area contributed by atoms with Gasteiger partial charge in [-0.2, -0.15) is 0 Å². The summed E-state index contributed by atoms with van der Waals surface area (Å²) in [6.07, 6.45) is 3.39. The summed E-state index contributed by atoms with van der Waals surface area (Å²) in [6, 6.07) is 1.01. The first-order chi connectivity index (χ1) is 6.68. The maximum absolute atomic E-state index is 5.47. The Labute approximate surface area is 89.0 Å². The van der Waals surface area contributed by atoms with E-state index in [0.29, 0.717) is 0 Å². The summed E-state index contributed by atoms with van der Waals surface area (Å²) in [6.45, 7) is 5.96. The second-order valence-electron chi connectivity index (χ2n) is 3.61. The van der Waals surface area contributed by atoms with E-state index in [-0.39, 0.29) is 0 Å². The van der Waals surface area contributed by atoms with Crippen LogP contribution in [0.2, 0.25) is 12.6 Å². The van der Waals surface area contributed by atoms with Crippen molar-refractivity contribution in [3.63, 3.8) is 0 Å². The average Bonchev–Trinajstić information content (AvgIpc) is 2.23. The number of unbranched alkanes of at least 4 members (excludes halogenated alkanes) is 1. The molecule has 0 N–H and O–H groups in total. The summed E-state index contributed by atoms with van der Waals surface area (Å²) in [7, 11) is 1.61. The number of rotatable bonds is 9.